The molecule has 0 N–H and O–H groups in total. The summed E-state index contributed by atoms with van der Waals surface area (Å²) in [5, 5.41) is 0. The van der Waals surface area contributed by atoms with Crippen LogP contribution in [0.4, 0.5) is 0 Å². The molecule has 5 nitrogen and oxygen atoms in total. The number of hydrogen-bond acceptors (Lipinski definition) is 3. The van der Waals surface area contributed by atoms with Gasteiger partial charge in [-0.05, 0) is 37.6 Å². The van der Waals surface area contributed by atoms with E-state index in [9.17, 15) is 14.4 Å². The summed E-state index contributed by atoms with van der Waals surface area (Å²) in [6, 6.07) is 14.1. The van der Waals surface area contributed by atoms with Gasteiger partial charge in [-0.15, -0.1) is 0 Å². The number of amides is 3. The Morgan fingerprint density at radius 1 is 0.960 bits per heavy atom. The molecule has 5 heteroatoms. The van der Waals surface area contributed by atoms with Crippen molar-refractivity contribution in [3.63, 3.8) is 0 Å². The Balaban J connectivity index is 1.52. The topological polar surface area (TPSA) is 57.7 Å². The number of carbonyl (C=O) groups is 3. The van der Waals surface area contributed by atoms with Crippen molar-refractivity contribution >= 4 is 17.7 Å². The first kappa shape index (κ1) is 15.6. The van der Waals surface area contributed by atoms with Crippen molar-refractivity contribution in [3.8, 4) is 0 Å². The van der Waals surface area contributed by atoms with Gasteiger partial charge < -0.3 is 4.90 Å². The predicted molar refractivity (Wildman–Crippen MR) is 92.4 cm³/mol. The quantitative estimate of drug-likeness (QED) is 0.793. The third-order valence-corrected chi connectivity index (χ3v) is 4.94. The first-order chi connectivity index (χ1) is 12.1. The Morgan fingerprint density at radius 2 is 1.56 bits per heavy atom. The summed E-state index contributed by atoms with van der Waals surface area (Å²) >= 11 is 0. The lowest BCUT2D eigenvalue weighted by molar-refractivity contribution is 0.0574. The normalized spacial score (nSPS) is 19.5. The summed E-state index contributed by atoms with van der Waals surface area (Å²) in [7, 11) is 0. The van der Waals surface area contributed by atoms with Crippen molar-refractivity contribution < 1.29 is 14.4 Å². The molecular formula is C20H18N2O3. The molecule has 1 saturated heterocycles. The fourth-order valence-corrected chi connectivity index (χ4v) is 3.56. The molecule has 0 aliphatic carbocycles. The van der Waals surface area contributed by atoms with E-state index in [-0.39, 0.29) is 23.8 Å². The van der Waals surface area contributed by atoms with E-state index in [0.29, 0.717) is 36.2 Å². The first-order valence-corrected chi connectivity index (χ1v) is 8.39. The van der Waals surface area contributed by atoms with Gasteiger partial charge in [0.2, 0.25) is 0 Å². The number of hydrogen-bond donors (Lipinski definition) is 0. The standard InChI is InChI=1S/C20H18N2O3/c1-13-6-8-14(9-7-13)18(23)21-11-10-15(12-21)22-19(24)16-4-2-3-5-17(16)20(22)25/h2-9,15H,10-12H2,1H3. The minimum Gasteiger partial charge on any atom is -0.336 e. The van der Waals surface area contributed by atoms with Crippen LogP contribution in [0.15, 0.2) is 48.5 Å². The minimum absolute atomic E-state index is 0.0564. The molecule has 0 saturated carbocycles. The lowest BCUT2D eigenvalue weighted by Crippen LogP contribution is -2.42. The van der Waals surface area contributed by atoms with Crippen LogP contribution in [0.5, 0.6) is 0 Å². The van der Waals surface area contributed by atoms with E-state index >= 15 is 0 Å². The Hall–Kier alpha value is -2.95. The maximum absolute atomic E-state index is 12.6. The second-order valence-electron chi connectivity index (χ2n) is 6.59. The molecule has 3 amide bonds. The van der Waals surface area contributed by atoms with Gasteiger partial charge in [0.15, 0.2) is 0 Å². The van der Waals surface area contributed by atoms with E-state index in [1.165, 1.54) is 4.90 Å². The van der Waals surface area contributed by atoms with Gasteiger partial charge in [0, 0.05) is 18.7 Å². The second kappa shape index (κ2) is 5.84. The van der Waals surface area contributed by atoms with Gasteiger partial charge >= 0.3 is 0 Å². The Labute approximate surface area is 145 Å². The smallest absolute Gasteiger partial charge is 0.261 e. The highest BCUT2D eigenvalue weighted by molar-refractivity contribution is 6.21. The van der Waals surface area contributed by atoms with Crippen LogP contribution >= 0.6 is 0 Å². The SMILES string of the molecule is Cc1ccc(C(=O)N2CCC(N3C(=O)c4ccccc4C3=O)C2)cc1. The van der Waals surface area contributed by atoms with Crippen LogP contribution in [0.2, 0.25) is 0 Å². The maximum atomic E-state index is 12.6. The number of fused-ring (bicyclic) bond motifs is 1. The highest BCUT2D eigenvalue weighted by atomic mass is 16.2. The zero-order valence-corrected chi connectivity index (χ0v) is 13.9. The second-order valence-corrected chi connectivity index (χ2v) is 6.59. The van der Waals surface area contributed by atoms with Gasteiger partial charge in [-0.25, -0.2) is 0 Å². The zero-order chi connectivity index (χ0) is 17.6. The molecule has 0 bridgehead atoms. The minimum atomic E-state index is -0.262. The van der Waals surface area contributed by atoms with Crippen molar-refractivity contribution in [1.82, 2.24) is 9.80 Å². The molecule has 25 heavy (non-hydrogen) atoms. The molecule has 2 aromatic carbocycles. The Bertz CT molecular complexity index is 838. The summed E-state index contributed by atoms with van der Waals surface area (Å²) in [5.74, 6) is -0.565. The van der Waals surface area contributed by atoms with E-state index in [2.05, 4.69) is 0 Å². The van der Waals surface area contributed by atoms with Crippen molar-refractivity contribution in [1.29, 1.82) is 0 Å². The monoisotopic (exact) mass is 334 g/mol. The largest absolute Gasteiger partial charge is 0.336 e. The number of benzene rings is 2. The van der Waals surface area contributed by atoms with E-state index in [1.54, 1.807) is 29.2 Å². The lowest BCUT2D eigenvalue weighted by atomic mass is 10.1. The highest BCUT2D eigenvalue weighted by Gasteiger charge is 2.42. The molecule has 0 aromatic heterocycles. The van der Waals surface area contributed by atoms with Gasteiger partial charge in [0.05, 0.1) is 17.2 Å². The van der Waals surface area contributed by atoms with Crippen molar-refractivity contribution in [2.24, 2.45) is 0 Å². The number of likely N-dealkylation sites (tertiary alicyclic amines) is 1. The molecule has 1 fully saturated rings. The van der Waals surface area contributed by atoms with Gasteiger partial charge in [0.25, 0.3) is 17.7 Å². The molecule has 4 rings (SSSR count). The number of nitrogens with zero attached hydrogens (tertiary/aromatic N) is 2. The van der Waals surface area contributed by atoms with E-state index in [0.717, 1.165) is 5.56 Å². The summed E-state index contributed by atoms with van der Waals surface area (Å²) in [6.07, 6.45) is 0.614. The molecule has 1 unspecified atom stereocenters. The van der Waals surface area contributed by atoms with Crippen LogP contribution in [0.3, 0.4) is 0 Å². The van der Waals surface area contributed by atoms with E-state index in [1.807, 2.05) is 31.2 Å². The summed E-state index contributed by atoms with van der Waals surface area (Å²) in [4.78, 5) is 40.8. The summed E-state index contributed by atoms with van der Waals surface area (Å²) in [6.45, 7) is 2.91. The number of rotatable bonds is 2. The molecule has 2 heterocycles. The molecule has 1 atom stereocenters. The Morgan fingerprint density at radius 3 is 2.16 bits per heavy atom. The average molecular weight is 334 g/mol. The predicted octanol–water partition coefficient (Wildman–Crippen LogP) is 2.51. The van der Waals surface area contributed by atoms with Crippen molar-refractivity contribution in [3.05, 3.63) is 70.8 Å². The van der Waals surface area contributed by atoms with Gasteiger partial charge in [-0.2, -0.15) is 0 Å². The van der Waals surface area contributed by atoms with Gasteiger partial charge in [-0.1, -0.05) is 29.8 Å². The summed E-state index contributed by atoms with van der Waals surface area (Å²) in [5.41, 5.74) is 2.64. The van der Waals surface area contributed by atoms with Crippen LogP contribution in [-0.4, -0.2) is 46.7 Å². The molecule has 0 radical (unpaired) electrons. The van der Waals surface area contributed by atoms with Crippen LogP contribution in [0, 0.1) is 6.92 Å². The van der Waals surface area contributed by atoms with Crippen LogP contribution in [-0.2, 0) is 0 Å². The molecule has 2 aromatic rings. The zero-order valence-electron chi connectivity index (χ0n) is 13.9. The average Bonchev–Trinajstić information content (AvgIpc) is 3.19. The third-order valence-electron chi connectivity index (χ3n) is 4.94. The fraction of sp³-hybridized carbons (Fsp3) is 0.250. The molecule has 126 valence electrons. The Kier molecular flexibility index (Phi) is 3.64. The fourth-order valence-electron chi connectivity index (χ4n) is 3.56. The summed E-state index contributed by atoms with van der Waals surface area (Å²) < 4.78 is 0. The lowest BCUT2D eigenvalue weighted by Gasteiger charge is -2.22. The number of carbonyl (C=O) groups excluding carboxylic acids is 3. The van der Waals surface area contributed by atoms with Gasteiger partial charge in [0.1, 0.15) is 0 Å². The molecular weight excluding hydrogens is 316 g/mol. The van der Waals surface area contributed by atoms with E-state index < -0.39 is 0 Å². The number of imide groups is 1. The molecule has 2 aliphatic rings. The van der Waals surface area contributed by atoms with Crippen molar-refractivity contribution in [2.45, 2.75) is 19.4 Å². The molecule has 0 spiro atoms. The maximum Gasteiger partial charge on any atom is 0.261 e. The van der Waals surface area contributed by atoms with Crippen LogP contribution in [0.1, 0.15) is 43.1 Å². The highest BCUT2D eigenvalue weighted by Crippen LogP contribution is 2.28. The van der Waals surface area contributed by atoms with E-state index in [4.69, 9.17) is 0 Å². The molecule has 2 aliphatic heterocycles. The number of aryl methyl sites for hydroxylation is 1. The van der Waals surface area contributed by atoms with Crippen molar-refractivity contribution in [2.75, 3.05) is 13.1 Å². The first-order valence-electron chi connectivity index (χ1n) is 8.39. The van der Waals surface area contributed by atoms with Crippen LogP contribution < -0.4 is 0 Å². The van der Waals surface area contributed by atoms with Gasteiger partial charge in [-0.3, -0.25) is 19.3 Å². The van der Waals surface area contributed by atoms with Crippen LogP contribution in [0.25, 0.3) is 0 Å². The third kappa shape index (κ3) is 2.52.